The van der Waals surface area contributed by atoms with Crippen LogP contribution < -0.4 is 0 Å². The molecule has 0 spiro atoms. The van der Waals surface area contributed by atoms with Gasteiger partial charge in [0.15, 0.2) is 4.33 Å². The molecule has 0 aliphatic heterocycles. The fourth-order valence-corrected chi connectivity index (χ4v) is 3.36. The number of alkyl halides is 5. The molecule has 0 fully saturated rings. The summed E-state index contributed by atoms with van der Waals surface area (Å²) in [7, 11) is 0. The van der Waals surface area contributed by atoms with E-state index in [4.69, 9.17) is 81.2 Å². The van der Waals surface area contributed by atoms with E-state index in [1.807, 2.05) is 0 Å². The first-order valence-corrected chi connectivity index (χ1v) is 5.84. The van der Waals surface area contributed by atoms with Crippen molar-refractivity contribution in [2.75, 3.05) is 0 Å². The van der Waals surface area contributed by atoms with Gasteiger partial charge in [0.25, 0.3) is 0 Å². The summed E-state index contributed by atoms with van der Waals surface area (Å²) in [6.45, 7) is 0. The Bertz CT molecular complexity index is 254. The van der Waals surface area contributed by atoms with E-state index in [1.54, 1.807) is 0 Å². The molecule has 76 valence electrons. The van der Waals surface area contributed by atoms with Gasteiger partial charge in [0, 0.05) is 11.5 Å². The number of halogens is 7. The minimum atomic E-state index is -1.54. The van der Waals surface area contributed by atoms with E-state index < -0.39 is 14.0 Å². The van der Waals surface area contributed by atoms with Crippen LogP contribution in [-0.2, 0) is 0 Å². The molecule has 0 saturated carbocycles. The lowest BCUT2D eigenvalue weighted by atomic mass is 10.0. The van der Waals surface area contributed by atoms with Crippen LogP contribution in [0.4, 0.5) is 0 Å². The fraction of sp³-hybridized carbons (Fsp3) is 0.667. The maximum Gasteiger partial charge on any atom is 0.173 e. The molecule has 1 atom stereocenters. The van der Waals surface area contributed by atoms with E-state index >= 15 is 0 Å². The van der Waals surface area contributed by atoms with Crippen LogP contribution in [0.2, 0.25) is 0 Å². The van der Waals surface area contributed by atoms with Crippen molar-refractivity contribution < 1.29 is 0 Å². The van der Waals surface area contributed by atoms with Crippen molar-refractivity contribution in [2.45, 2.75) is 20.5 Å². The van der Waals surface area contributed by atoms with Gasteiger partial charge in [0.2, 0.25) is 0 Å². The Balaban J connectivity index is 3.18. The minimum absolute atomic E-state index is 0.0782. The van der Waals surface area contributed by atoms with Gasteiger partial charge < -0.3 is 0 Å². The maximum atomic E-state index is 5.86. The third kappa shape index (κ3) is 2.30. The zero-order valence-electron chi connectivity index (χ0n) is 5.93. The van der Waals surface area contributed by atoms with Gasteiger partial charge in [0.05, 0.1) is 5.03 Å². The van der Waals surface area contributed by atoms with E-state index in [1.165, 1.54) is 0 Å². The van der Waals surface area contributed by atoms with Gasteiger partial charge in [-0.15, -0.1) is 11.6 Å². The molecule has 0 amide bonds. The van der Waals surface area contributed by atoms with Crippen LogP contribution in [0, 0.1) is 0 Å². The Morgan fingerprint density at radius 1 is 1.08 bits per heavy atom. The first kappa shape index (κ1) is 12.8. The van der Waals surface area contributed by atoms with Gasteiger partial charge >= 0.3 is 0 Å². The molecule has 0 aromatic rings. The van der Waals surface area contributed by atoms with Crippen LogP contribution in [0.25, 0.3) is 0 Å². The second-order valence-corrected chi connectivity index (χ2v) is 6.84. The Morgan fingerprint density at radius 2 is 1.54 bits per heavy atom. The topological polar surface area (TPSA) is 0 Å². The zero-order chi connectivity index (χ0) is 10.4. The SMILES string of the molecule is ClC1=C(Cl)C(Cl)(Cl)C(Cl)C(Cl)(Cl)C1. The number of rotatable bonds is 0. The lowest BCUT2D eigenvalue weighted by Crippen LogP contribution is -2.44. The molecule has 0 radical (unpaired) electrons. The Kier molecular flexibility index (Phi) is 3.92. The Hall–Kier alpha value is 1.77. The first-order chi connectivity index (χ1) is 5.69. The molecular weight excluding hydrogens is 320 g/mol. The summed E-state index contributed by atoms with van der Waals surface area (Å²) in [6, 6.07) is 0. The molecular formula is C6H3Cl7. The van der Waals surface area contributed by atoms with Crippen LogP contribution in [0.15, 0.2) is 10.1 Å². The maximum absolute atomic E-state index is 5.86. The Morgan fingerprint density at radius 3 is 2.00 bits per heavy atom. The molecule has 0 N–H and O–H groups in total. The number of hydrogen-bond donors (Lipinski definition) is 0. The van der Waals surface area contributed by atoms with Crippen LogP contribution in [-0.4, -0.2) is 14.0 Å². The van der Waals surface area contributed by atoms with Gasteiger partial charge in [-0.25, -0.2) is 0 Å². The molecule has 1 aliphatic rings. The van der Waals surface area contributed by atoms with Gasteiger partial charge in [0.1, 0.15) is 9.71 Å². The van der Waals surface area contributed by atoms with Crippen LogP contribution >= 0.6 is 81.2 Å². The van der Waals surface area contributed by atoms with Gasteiger partial charge in [-0.05, 0) is 0 Å². The summed E-state index contributed by atoms with van der Waals surface area (Å²) in [5.41, 5.74) is 0. The van der Waals surface area contributed by atoms with Crippen molar-refractivity contribution >= 4 is 81.2 Å². The highest BCUT2D eigenvalue weighted by Crippen LogP contribution is 2.55. The smallest absolute Gasteiger partial charge is 0.116 e. The summed E-state index contributed by atoms with van der Waals surface area (Å²) < 4.78 is -2.84. The average molecular weight is 323 g/mol. The summed E-state index contributed by atoms with van der Waals surface area (Å²) in [5, 5.41) is -0.607. The van der Waals surface area contributed by atoms with E-state index in [0.29, 0.717) is 0 Å². The van der Waals surface area contributed by atoms with Crippen molar-refractivity contribution in [3.05, 3.63) is 10.1 Å². The average Bonchev–Trinajstić information content (AvgIpc) is 1.98. The molecule has 0 aromatic carbocycles. The molecule has 1 rings (SSSR count). The largest absolute Gasteiger partial charge is 0.173 e. The van der Waals surface area contributed by atoms with E-state index in [9.17, 15) is 0 Å². The lowest BCUT2D eigenvalue weighted by molar-refractivity contribution is 0.651. The van der Waals surface area contributed by atoms with E-state index in [2.05, 4.69) is 0 Å². The highest BCUT2D eigenvalue weighted by Gasteiger charge is 2.53. The monoisotopic (exact) mass is 320 g/mol. The molecule has 0 saturated heterocycles. The van der Waals surface area contributed by atoms with Crippen molar-refractivity contribution in [2.24, 2.45) is 0 Å². The first-order valence-electron chi connectivity index (χ1n) is 3.14. The van der Waals surface area contributed by atoms with Crippen LogP contribution in [0.5, 0.6) is 0 Å². The summed E-state index contributed by atoms with van der Waals surface area (Å²) in [4.78, 5) is 0. The molecule has 1 aliphatic carbocycles. The second kappa shape index (κ2) is 3.97. The molecule has 0 nitrogen and oxygen atoms in total. The van der Waals surface area contributed by atoms with Gasteiger partial charge in [-0.2, -0.15) is 0 Å². The van der Waals surface area contributed by atoms with Crippen molar-refractivity contribution in [1.82, 2.24) is 0 Å². The molecule has 7 heteroatoms. The van der Waals surface area contributed by atoms with Gasteiger partial charge in [-0.3, -0.25) is 0 Å². The third-order valence-electron chi connectivity index (χ3n) is 1.61. The highest BCUT2D eigenvalue weighted by atomic mass is 35.5. The number of hydrogen-bond acceptors (Lipinski definition) is 0. The molecule has 0 bridgehead atoms. The highest BCUT2D eigenvalue weighted by molar-refractivity contribution is 6.64. The van der Waals surface area contributed by atoms with Gasteiger partial charge in [-0.1, -0.05) is 69.6 Å². The number of allylic oxidation sites excluding steroid dienone is 2. The summed E-state index contributed by atoms with van der Waals surface area (Å²) in [5.74, 6) is 0. The zero-order valence-corrected chi connectivity index (χ0v) is 11.2. The predicted molar refractivity (Wildman–Crippen MR) is 61.9 cm³/mol. The lowest BCUT2D eigenvalue weighted by Gasteiger charge is -2.38. The molecule has 1 unspecified atom stereocenters. The normalized spacial score (nSPS) is 32.1. The summed E-state index contributed by atoms with van der Waals surface area (Å²) in [6.07, 6.45) is 0.131. The van der Waals surface area contributed by atoms with Crippen LogP contribution in [0.1, 0.15) is 6.42 Å². The Labute approximate surface area is 111 Å². The van der Waals surface area contributed by atoms with Crippen molar-refractivity contribution in [1.29, 1.82) is 0 Å². The molecule has 13 heavy (non-hydrogen) atoms. The molecule has 0 heterocycles. The van der Waals surface area contributed by atoms with Crippen molar-refractivity contribution in [3.63, 3.8) is 0 Å². The fourth-order valence-electron chi connectivity index (χ4n) is 0.931. The summed E-state index contributed by atoms with van der Waals surface area (Å²) >= 11 is 40.8. The predicted octanol–water partition coefficient (Wildman–Crippen LogP) is 5.03. The second-order valence-electron chi connectivity index (χ2n) is 2.64. The van der Waals surface area contributed by atoms with Crippen molar-refractivity contribution in [3.8, 4) is 0 Å². The molecule has 0 aromatic heterocycles. The standard InChI is InChI=1S/C6H3Cl7/c7-2-1-5(10,11)4(9)6(12,13)3(2)8/h4H,1H2. The van der Waals surface area contributed by atoms with Crippen LogP contribution in [0.3, 0.4) is 0 Å². The third-order valence-corrected chi connectivity index (χ3v) is 5.41. The van der Waals surface area contributed by atoms with E-state index in [0.717, 1.165) is 0 Å². The van der Waals surface area contributed by atoms with E-state index in [-0.39, 0.29) is 16.5 Å². The quantitative estimate of drug-likeness (QED) is 0.548. The minimum Gasteiger partial charge on any atom is -0.116 e.